The number of nitrogens with zero attached hydrogens (tertiary/aromatic N) is 2. The van der Waals surface area contributed by atoms with Crippen LogP contribution in [0.1, 0.15) is 0 Å². The van der Waals surface area contributed by atoms with Gasteiger partial charge in [0.25, 0.3) is 5.82 Å². The van der Waals surface area contributed by atoms with Crippen LogP contribution in [-0.2, 0) is 7.05 Å². The predicted octanol–water partition coefficient (Wildman–Crippen LogP) is 3.01. The van der Waals surface area contributed by atoms with E-state index < -0.39 is 0 Å². The van der Waals surface area contributed by atoms with Crippen molar-refractivity contribution in [2.75, 3.05) is 14.2 Å². The lowest BCUT2D eigenvalue weighted by Crippen LogP contribution is -2.26. The summed E-state index contributed by atoms with van der Waals surface area (Å²) in [5.74, 6) is 1.81. The first kappa shape index (κ1) is 15.0. The molecule has 1 heterocycles. The number of hydrogen-bond donors (Lipinski definition) is 0. The number of ether oxygens (including phenoxy) is 2. The Morgan fingerprint density at radius 3 is 2.09 bits per heavy atom. The summed E-state index contributed by atoms with van der Waals surface area (Å²) in [6.45, 7) is 0. The highest BCUT2D eigenvalue weighted by molar-refractivity contribution is 5.65. The third-order valence-electron chi connectivity index (χ3n) is 3.81. The van der Waals surface area contributed by atoms with Crippen LogP contribution in [0, 0.1) is 5.21 Å². The van der Waals surface area contributed by atoms with Crippen molar-refractivity contribution < 1.29 is 14.2 Å². The summed E-state index contributed by atoms with van der Waals surface area (Å²) in [4.78, 5) is 0. The van der Waals surface area contributed by atoms with Crippen LogP contribution in [0.5, 0.6) is 11.5 Å². The van der Waals surface area contributed by atoms with Crippen molar-refractivity contribution in [2.24, 2.45) is 7.05 Å². The number of methoxy groups -OCH3 is 2. The standard InChI is InChI=1S/C18H18N2O3/c1-19-17(13-7-5-4-6-8-13)12-20(21)18(19)14-9-15(22-2)11-16(10-14)23-3/h4-12H,1-3H3. The largest absolute Gasteiger partial charge is 0.710 e. The van der Waals surface area contributed by atoms with Gasteiger partial charge in [-0.25, -0.2) is 9.30 Å². The molecule has 0 atom stereocenters. The van der Waals surface area contributed by atoms with Gasteiger partial charge in [0.05, 0.1) is 26.8 Å². The Kier molecular flexibility index (Phi) is 3.93. The zero-order valence-corrected chi connectivity index (χ0v) is 13.3. The number of aromatic nitrogens is 2. The van der Waals surface area contributed by atoms with E-state index >= 15 is 0 Å². The topological polar surface area (TPSA) is 50.3 Å². The first-order valence-electron chi connectivity index (χ1n) is 7.21. The fourth-order valence-electron chi connectivity index (χ4n) is 2.66. The van der Waals surface area contributed by atoms with Gasteiger partial charge in [0.1, 0.15) is 17.7 Å². The molecule has 0 spiro atoms. The van der Waals surface area contributed by atoms with Crippen molar-refractivity contribution in [1.82, 2.24) is 4.57 Å². The molecule has 5 nitrogen and oxygen atoms in total. The molecule has 0 saturated carbocycles. The van der Waals surface area contributed by atoms with Gasteiger partial charge >= 0.3 is 0 Å². The second-order valence-corrected chi connectivity index (χ2v) is 5.19. The second kappa shape index (κ2) is 6.04. The van der Waals surface area contributed by atoms with Crippen molar-refractivity contribution >= 4 is 0 Å². The average molecular weight is 310 g/mol. The van der Waals surface area contributed by atoms with Gasteiger partial charge < -0.3 is 14.7 Å². The van der Waals surface area contributed by atoms with Crippen molar-refractivity contribution in [3.63, 3.8) is 0 Å². The van der Waals surface area contributed by atoms with E-state index in [1.54, 1.807) is 26.5 Å². The molecular formula is C18H18N2O3. The zero-order chi connectivity index (χ0) is 16.4. The quantitative estimate of drug-likeness (QED) is 0.550. The molecule has 3 aromatic rings. The third kappa shape index (κ3) is 2.73. The van der Waals surface area contributed by atoms with Crippen molar-refractivity contribution in [1.29, 1.82) is 0 Å². The highest BCUT2D eigenvalue weighted by Crippen LogP contribution is 2.30. The molecule has 0 bridgehead atoms. The van der Waals surface area contributed by atoms with Crippen LogP contribution in [0.15, 0.2) is 54.7 Å². The summed E-state index contributed by atoms with van der Waals surface area (Å²) in [5, 5.41) is 12.4. The minimum Gasteiger partial charge on any atom is -0.710 e. The summed E-state index contributed by atoms with van der Waals surface area (Å²) in [5.41, 5.74) is 2.57. The lowest BCUT2D eigenvalue weighted by atomic mass is 10.1. The van der Waals surface area contributed by atoms with Crippen LogP contribution in [0.25, 0.3) is 22.6 Å². The lowest BCUT2D eigenvalue weighted by molar-refractivity contribution is -0.592. The van der Waals surface area contributed by atoms with E-state index in [1.165, 1.54) is 0 Å². The molecule has 0 amide bonds. The SMILES string of the molecule is COc1cc(OC)cc(-c2n(C)c(-c3ccccc3)c[n+]2[O-])c1. The van der Waals surface area contributed by atoms with E-state index in [9.17, 15) is 5.21 Å². The first-order chi connectivity index (χ1) is 11.1. The fraction of sp³-hybridized carbons (Fsp3) is 0.167. The van der Waals surface area contributed by atoms with E-state index in [4.69, 9.17) is 9.47 Å². The van der Waals surface area contributed by atoms with E-state index in [0.717, 1.165) is 21.6 Å². The molecule has 118 valence electrons. The maximum absolute atomic E-state index is 12.4. The van der Waals surface area contributed by atoms with Gasteiger partial charge in [-0.15, -0.1) is 0 Å². The molecule has 0 aliphatic heterocycles. The molecule has 0 unspecified atom stereocenters. The molecule has 5 heteroatoms. The molecule has 0 saturated heterocycles. The van der Waals surface area contributed by atoms with E-state index in [1.807, 2.05) is 54.1 Å². The van der Waals surface area contributed by atoms with E-state index in [0.29, 0.717) is 17.3 Å². The Labute approximate surface area is 134 Å². The smallest absolute Gasteiger partial charge is 0.292 e. The highest BCUT2D eigenvalue weighted by atomic mass is 16.5. The normalized spacial score (nSPS) is 10.6. The van der Waals surface area contributed by atoms with Crippen molar-refractivity contribution in [3.8, 4) is 34.1 Å². The molecule has 0 fully saturated rings. The van der Waals surface area contributed by atoms with Gasteiger partial charge in [-0.3, -0.25) is 0 Å². The minimum atomic E-state index is 0.529. The Morgan fingerprint density at radius 1 is 0.913 bits per heavy atom. The van der Waals surface area contributed by atoms with Crippen LogP contribution in [0.3, 0.4) is 0 Å². The zero-order valence-electron chi connectivity index (χ0n) is 13.3. The molecule has 2 aromatic carbocycles. The molecule has 0 aliphatic rings. The molecule has 23 heavy (non-hydrogen) atoms. The molecule has 0 radical (unpaired) electrons. The Balaban J connectivity index is 2.16. The van der Waals surface area contributed by atoms with E-state index in [-0.39, 0.29) is 0 Å². The predicted molar refractivity (Wildman–Crippen MR) is 88.3 cm³/mol. The molecule has 3 rings (SSSR count). The Bertz CT molecular complexity index is 804. The minimum absolute atomic E-state index is 0.529. The lowest BCUT2D eigenvalue weighted by Gasteiger charge is -2.08. The van der Waals surface area contributed by atoms with Crippen LogP contribution in [0.2, 0.25) is 0 Å². The van der Waals surface area contributed by atoms with Gasteiger partial charge in [-0.2, -0.15) is 0 Å². The Hall–Kier alpha value is -2.95. The maximum Gasteiger partial charge on any atom is 0.292 e. The monoisotopic (exact) mass is 310 g/mol. The van der Waals surface area contributed by atoms with Gasteiger partial charge in [0, 0.05) is 11.6 Å². The third-order valence-corrected chi connectivity index (χ3v) is 3.81. The van der Waals surface area contributed by atoms with Gasteiger partial charge in [0.15, 0.2) is 5.69 Å². The Morgan fingerprint density at radius 2 is 1.52 bits per heavy atom. The van der Waals surface area contributed by atoms with Crippen molar-refractivity contribution in [3.05, 3.63) is 59.9 Å². The number of benzene rings is 2. The summed E-state index contributed by atoms with van der Waals surface area (Å²) >= 11 is 0. The second-order valence-electron chi connectivity index (χ2n) is 5.19. The number of rotatable bonds is 4. The molecular weight excluding hydrogens is 292 g/mol. The summed E-state index contributed by atoms with van der Waals surface area (Å²) in [7, 11) is 5.05. The first-order valence-corrected chi connectivity index (χ1v) is 7.21. The molecule has 1 aromatic heterocycles. The van der Waals surface area contributed by atoms with Crippen molar-refractivity contribution in [2.45, 2.75) is 0 Å². The van der Waals surface area contributed by atoms with Gasteiger partial charge in [-0.1, -0.05) is 30.3 Å². The summed E-state index contributed by atoms with van der Waals surface area (Å²) in [6.07, 6.45) is 1.58. The summed E-state index contributed by atoms with van der Waals surface area (Å²) in [6, 6.07) is 15.2. The summed E-state index contributed by atoms with van der Waals surface area (Å²) < 4.78 is 13.3. The number of hydrogen-bond acceptors (Lipinski definition) is 3. The maximum atomic E-state index is 12.4. The van der Waals surface area contributed by atoms with E-state index in [2.05, 4.69) is 0 Å². The molecule has 0 N–H and O–H groups in total. The number of imidazole rings is 1. The van der Waals surface area contributed by atoms with Crippen LogP contribution in [-0.4, -0.2) is 18.8 Å². The average Bonchev–Trinajstić information content (AvgIpc) is 2.89. The van der Waals surface area contributed by atoms with Crippen LogP contribution < -0.4 is 14.2 Å². The van der Waals surface area contributed by atoms with Gasteiger partial charge in [0.2, 0.25) is 0 Å². The molecule has 0 aliphatic carbocycles. The van der Waals surface area contributed by atoms with Gasteiger partial charge in [-0.05, 0) is 12.1 Å². The van der Waals surface area contributed by atoms with Crippen LogP contribution in [0.4, 0.5) is 0 Å². The fourth-order valence-corrected chi connectivity index (χ4v) is 2.66. The highest BCUT2D eigenvalue weighted by Gasteiger charge is 2.21. The van der Waals surface area contributed by atoms with Crippen LogP contribution >= 0.6 is 0 Å².